The van der Waals surface area contributed by atoms with E-state index in [-0.39, 0.29) is 24.8 Å². The first-order valence-corrected chi connectivity index (χ1v) is 3.15. The number of allylic oxidation sites excluding steroid dienone is 2. The molecule has 1 rings (SSSR count). The van der Waals surface area contributed by atoms with Gasteiger partial charge in [-0.05, 0) is 12.8 Å². The van der Waals surface area contributed by atoms with Crippen molar-refractivity contribution in [3.8, 4) is 0 Å². The minimum absolute atomic E-state index is 0. The van der Waals surface area contributed by atoms with E-state index in [0.717, 1.165) is 0 Å². The van der Waals surface area contributed by atoms with Crippen molar-refractivity contribution in [3.05, 3.63) is 12.2 Å². The normalized spacial score (nSPS) is 11.6. The van der Waals surface area contributed by atoms with Crippen molar-refractivity contribution < 1.29 is 29.7 Å². The second kappa shape index (κ2) is 12.0. The third-order valence-corrected chi connectivity index (χ3v) is 0.667. The van der Waals surface area contributed by atoms with Crippen molar-refractivity contribution in [1.29, 1.82) is 0 Å². The summed E-state index contributed by atoms with van der Waals surface area (Å²) in [4.78, 5) is 1.42. The Balaban J connectivity index is -0.0000000817. The van der Waals surface area contributed by atoms with Crippen LogP contribution in [0.4, 0.5) is 0 Å². The summed E-state index contributed by atoms with van der Waals surface area (Å²) < 4.78 is 0. The third kappa shape index (κ3) is 24.0. The van der Waals surface area contributed by atoms with Crippen LogP contribution in [-0.2, 0) is 0 Å². The molecule has 0 spiro atoms. The minimum Gasteiger partial charge on any atom is -1.00 e. The van der Waals surface area contributed by atoms with Gasteiger partial charge in [0.1, 0.15) is 0 Å². The summed E-state index contributed by atoms with van der Waals surface area (Å²) in [5.41, 5.74) is 0. The van der Waals surface area contributed by atoms with Gasteiger partial charge in [-0.2, -0.15) is 0 Å². The first-order chi connectivity index (χ1) is 3.73. The van der Waals surface area contributed by atoms with Crippen LogP contribution in [0.1, 0.15) is 12.8 Å². The highest BCUT2D eigenvalue weighted by Gasteiger charge is 1.81. The molecule has 0 fully saturated rings. The van der Waals surface area contributed by atoms with Crippen molar-refractivity contribution in [2.75, 3.05) is 21.1 Å². The number of quaternary nitrogens is 1. The van der Waals surface area contributed by atoms with Crippen LogP contribution in [0.25, 0.3) is 0 Å². The molecule has 0 aromatic carbocycles. The van der Waals surface area contributed by atoms with Gasteiger partial charge in [0.15, 0.2) is 0 Å². The lowest BCUT2D eigenvalue weighted by molar-refractivity contribution is -0.836. The zero-order valence-corrected chi connectivity index (χ0v) is 8.34. The first kappa shape index (κ1) is 16.7. The highest BCUT2D eigenvalue weighted by molar-refractivity contribution is 4.92. The molecule has 0 unspecified atom stereocenters. The molecule has 0 amide bonds. The maximum absolute atomic E-state index is 2.18. The van der Waals surface area contributed by atoms with Crippen molar-refractivity contribution >= 4 is 0 Å². The molecular formula is C7H16Cl2N-. The van der Waals surface area contributed by atoms with Crippen LogP contribution in [0.5, 0.6) is 0 Å². The molecular weight excluding hydrogens is 169 g/mol. The maximum atomic E-state index is 2.18. The molecule has 0 aromatic heterocycles. The fraction of sp³-hybridized carbons (Fsp3) is 0.714. The van der Waals surface area contributed by atoms with Crippen LogP contribution in [-0.4, -0.2) is 21.1 Å². The Bertz CT molecular complexity index is 63.3. The van der Waals surface area contributed by atoms with Crippen LogP contribution in [0.15, 0.2) is 12.2 Å². The van der Waals surface area contributed by atoms with Gasteiger partial charge in [-0.1, -0.05) is 12.2 Å². The highest BCUT2D eigenvalue weighted by atomic mass is 35.5. The van der Waals surface area contributed by atoms with E-state index in [0.29, 0.717) is 0 Å². The fourth-order valence-electron chi connectivity index (χ4n) is 0.167. The average Bonchev–Trinajstić information content (AvgIpc) is 1.19. The number of hydrogen-bond acceptors (Lipinski definition) is 0. The lowest BCUT2D eigenvalue weighted by Crippen LogP contribution is -3.02. The second-order valence-corrected chi connectivity index (χ2v) is 2.55. The van der Waals surface area contributed by atoms with Crippen LogP contribution < -0.4 is 29.7 Å². The number of halogens is 2. The lowest BCUT2D eigenvalue weighted by atomic mass is 10.1. The smallest absolute Gasteiger partial charge is 0.0661 e. The predicted molar refractivity (Wildman–Crippen MR) is 37.1 cm³/mol. The molecule has 0 saturated carbocycles. The van der Waals surface area contributed by atoms with Gasteiger partial charge < -0.3 is 29.7 Å². The number of rotatable bonds is 0. The standard InChI is InChI=1S/C4H6.C3H9N.2ClH/c1-2-4-3-1;1-4(2)3;;/h1-2H,3-4H2;1-3H3;2*1H/p-1. The molecule has 0 radical (unpaired) electrons. The Kier molecular flexibility index (Phi) is 20.1. The molecule has 0 bridgehead atoms. The molecule has 0 saturated heterocycles. The van der Waals surface area contributed by atoms with Gasteiger partial charge in [-0.25, -0.2) is 0 Å². The van der Waals surface area contributed by atoms with E-state index in [2.05, 4.69) is 33.3 Å². The molecule has 3 heteroatoms. The summed E-state index contributed by atoms with van der Waals surface area (Å²) in [6, 6.07) is 0. The molecule has 1 N–H and O–H groups in total. The van der Waals surface area contributed by atoms with E-state index >= 15 is 0 Å². The van der Waals surface area contributed by atoms with Crippen molar-refractivity contribution in [2.24, 2.45) is 0 Å². The largest absolute Gasteiger partial charge is 1.00 e. The Labute approximate surface area is 76.3 Å². The van der Waals surface area contributed by atoms with Crippen LogP contribution in [0, 0.1) is 0 Å². The van der Waals surface area contributed by atoms with Gasteiger partial charge in [-0.15, -0.1) is 0 Å². The van der Waals surface area contributed by atoms with Gasteiger partial charge in [0, 0.05) is 0 Å². The Morgan fingerprint density at radius 2 is 1.00 bits per heavy atom. The zero-order chi connectivity index (χ0) is 6.41. The monoisotopic (exact) mass is 184 g/mol. The topological polar surface area (TPSA) is 4.44 Å². The van der Waals surface area contributed by atoms with Crippen LogP contribution >= 0.6 is 0 Å². The Morgan fingerprint density at radius 1 is 0.900 bits per heavy atom. The second-order valence-electron chi connectivity index (χ2n) is 2.55. The SMILES string of the molecule is C1=CCC1.C[NH+](C)C.[Cl-].[Cl-]. The first-order valence-electron chi connectivity index (χ1n) is 3.15. The van der Waals surface area contributed by atoms with Crippen LogP contribution in [0.2, 0.25) is 0 Å². The van der Waals surface area contributed by atoms with E-state index in [1.807, 2.05) is 0 Å². The molecule has 0 aromatic rings. The van der Waals surface area contributed by atoms with Gasteiger partial charge in [-0.3, -0.25) is 0 Å². The maximum Gasteiger partial charge on any atom is 0.0661 e. The summed E-state index contributed by atoms with van der Waals surface area (Å²) in [7, 11) is 6.25. The van der Waals surface area contributed by atoms with E-state index in [1.165, 1.54) is 17.7 Å². The summed E-state index contributed by atoms with van der Waals surface area (Å²) in [5.74, 6) is 0. The van der Waals surface area contributed by atoms with Gasteiger partial charge in [0.05, 0.1) is 21.1 Å². The molecule has 1 aliphatic rings. The van der Waals surface area contributed by atoms with Gasteiger partial charge >= 0.3 is 0 Å². The number of nitrogens with one attached hydrogen (secondary N) is 1. The molecule has 0 atom stereocenters. The molecule has 0 aliphatic heterocycles. The Morgan fingerprint density at radius 3 is 1.00 bits per heavy atom. The minimum atomic E-state index is 0. The molecule has 10 heavy (non-hydrogen) atoms. The zero-order valence-electron chi connectivity index (χ0n) is 6.82. The fourth-order valence-corrected chi connectivity index (χ4v) is 0.167. The quantitative estimate of drug-likeness (QED) is 0.358. The molecule has 1 aliphatic carbocycles. The third-order valence-electron chi connectivity index (χ3n) is 0.667. The van der Waals surface area contributed by atoms with E-state index in [4.69, 9.17) is 0 Å². The predicted octanol–water partition coefficient (Wildman–Crippen LogP) is -5.89. The van der Waals surface area contributed by atoms with Gasteiger partial charge in [0.2, 0.25) is 0 Å². The molecule has 1 nitrogen and oxygen atoms in total. The van der Waals surface area contributed by atoms with Crippen molar-refractivity contribution in [1.82, 2.24) is 0 Å². The van der Waals surface area contributed by atoms with Crippen molar-refractivity contribution in [3.63, 3.8) is 0 Å². The van der Waals surface area contributed by atoms with E-state index < -0.39 is 0 Å². The van der Waals surface area contributed by atoms with E-state index in [9.17, 15) is 0 Å². The highest BCUT2D eigenvalue weighted by Crippen LogP contribution is 2.01. The number of hydrogen-bond donors (Lipinski definition) is 1. The molecule has 0 heterocycles. The molecule has 64 valence electrons. The summed E-state index contributed by atoms with van der Waals surface area (Å²) in [5, 5.41) is 0. The Hall–Kier alpha value is 0.280. The lowest BCUT2D eigenvalue weighted by Gasteiger charge is -1.92. The summed E-state index contributed by atoms with van der Waals surface area (Å²) in [6.45, 7) is 0. The summed E-state index contributed by atoms with van der Waals surface area (Å²) in [6.07, 6.45) is 7.00. The van der Waals surface area contributed by atoms with Crippen molar-refractivity contribution in [2.45, 2.75) is 12.8 Å². The summed E-state index contributed by atoms with van der Waals surface area (Å²) >= 11 is 0. The average molecular weight is 185 g/mol. The van der Waals surface area contributed by atoms with Crippen LogP contribution in [0.3, 0.4) is 0 Å². The van der Waals surface area contributed by atoms with Gasteiger partial charge in [0.25, 0.3) is 0 Å². The van der Waals surface area contributed by atoms with E-state index in [1.54, 1.807) is 0 Å².